The van der Waals surface area contributed by atoms with E-state index in [1.807, 2.05) is 13.8 Å². The molecule has 0 spiro atoms. The van der Waals surface area contributed by atoms with Gasteiger partial charge in [-0.2, -0.15) is 0 Å². The third-order valence-electron chi connectivity index (χ3n) is 2.68. The lowest BCUT2D eigenvalue weighted by Crippen LogP contribution is -2.45. The molecule has 1 amide bonds. The highest BCUT2D eigenvalue weighted by atomic mass is 35.5. The normalized spacial score (nSPS) is 14.2. The quantitative estimate of drug-likeness (QED) is 0.890. The number of hydrogen-bond acceptors (Lipinski definition) is 3. The summed E-state index contributed by atoms with van der Waals surface area (Å²) in [6.07, 6.45) is 1.80. The van der Waals surface area contributed by atoms with Crippen molar-refractivity contribution in [1.82, 2.24) is 5.32 Å². The molecule has 0 fully saturated rings. The molecule has 0 saturated heterocycles. The zero-order valence-electron chi connectivity index (χ0n) is 11.0. The summed E-state index contributed by atoms with van der Waals surface area (Å²) in [6, 6.07) is 5.33. The minimum Gasteiger partial charge on any atom is -0.488 e. The van der Waals surface area contributed by atoms with Crippen LogP contribution in [0.5, 0.6) is 5.75 Å². The first-order chi connectivity index (χ1) is 8.85. The summed E-state index contributed by atoms with van der Waals surface area (Å²) < 4.78 is 5.53. The third-order valence-corrected chi connectivity index (χ3v) is 2.92. The van der Waals surface area contributed by atoms with Crippen LogP contribution in [-0.2, 0) is 4.79 Å². The molecule has 2 rings (SSSR count). The Labute approximate surface area is 117 Å². The Morgan fingerprint density at radius 1 is 1.53 bits per heavy atom. The van der Waals surface area contributed by atoms with Crippen LogP contribution in [0.4, 0.5) is 0 Å². The standard InChI is InChI=1S/C14H17ClN2O2/c1-14(2,16)8-17-13(18)10-5-9-6-11(15)3-4-12(9)19-7-10/h3-6H,7-8,16H2,1-2H3,(H,17,18). The Hall–Kier alpha value is -1.52. The topological polar surface area (TPSA) is 64.3 Å². The van der Waals surface area contributed by atoms with Crippen molar-refractivity contribution in [2.24, 2.45) is 5.73 Å². The van der Waals surface area contributed by atoms with Crippen molar-refractivity contribution in [2.45, 2.75) is 19.4 Å². The fraction of sp³-hybridized carbons (Fsp3) is 0.357. The largest absolute Gasteiger partial charge is 0.488 e. The summed E-state index contributed by atoms with van der Waals surface area (Å²) >= 11 is 5.92. The van der Waals surface area contributed by atoms with Crippen LogP contribution in [-0.4, -0.2) is 24.6 Å². The van der Waals surface area contributed by atoms with Gasteiger partial charge in [0.05, 0.1) is 5.57 Å². The molecule has 19 heavy (non-hydrogen) atoms. The van der Waals surface area contributed by atoms with Gasteiger partial charge in [-0.1, -0.05) is 11.6 Å². The molecule has 1 aliphatic rings. The van der Waals surface area contributed by atoms with Crippen molar-refractivity contribution in [2.75, 3.05) is 13.2 Å². The van der Waals surface area contributed by atoms with E-state index in [1.54, 1.807) is 24.3 Å². The van der Waals surface area contributed by atoms with Gasteiger partial charge in [0.15, 0.2) is 0 Å². The lowest BCUT2D eigenvalue weighted by atomic mass is 10.1. The van der Waals surface area contributed by atoms with Gasteiger partial charge in [0.2, 0.25) is 0 Å². The summed E-state index contributed by atoms with van der Waals surface area (Å²) in [5, 5.41) is 3.41. The van der Waals surface area contributed by atoms with Gasteiger partial charge in [-0.3, -0.25) is 4.79 Å². The van der Waals surface area contributed by atoms with Crippen LogP contribution >= 0.6 is 11.6 Å². The highest BCUT2D eigenvalue weighted by Crippen LogP contribution is 2.28. The van der Waals surface area contributed by atoms with E-state index in [9.17, 15) is 4.79 Å². The first-order valence-corrected chi connectivity index (χ1v) is 6.43. The molecule has 1 aliphatic heterocycles. The van der Waals surface area contributed by atoms with E-state index < -0.39 is 5.54 Å². The number of carbonyl (C=O) groups is 1. The SMILES string of the molecule is CC(C)(N)CNC(=O)C1=Cc2cc(Cl)ccc2OC1. The zero-order chi connectivity index (χ0) is 14.0. The summed E-state index contributed by atoms with van der Waals surface area (Å²) in [5.41, 5.74) is 6.77. The molecule has 0 radical (unpaired) electrons. The van der Waals surface area contributed by atoms with Gasteiger partial charge in [-0.25, -0.2) is 0 Å². The molecule has 1 aromatic rings. The average Bonchev–Trinajstić information content (AvgIpc) is 2.34. The van der Waals surface area contributed by atoms with Gasteiger partial charge >= 0.3 is 0 Å². The van der Waals surface area contributed by atoms with Gasteiger partial charge in [0.1, 0.15) is 12.4 Å². The minimum atomic E-state index is -0.438. The molecular weight excluding hydrogens is 264 g/mol. The van der Waals surface area contributed by atoms with Gasteiger partial charge in [-0.15, -0.1) is 0 Å². The van der Waals surface area contributed by atoms with Crippen molar-refractivity contribution < 1.29 is 9.53 Å². The Balaban J connectivity index is 2.12. The monoisotopic (exact) mass is 280 g/mol. The second-order valence-electron chi connectivity index (χ2n) is 5.31. The molecule has 5 heteroatoms. The van der Waals surface area contributed by atoms with Crippen LogP contribution in [0.1, 0.15) is 19.4 Å². The van der Waals surface area contributed by atoms with Crippen LogP contribution in [0.25, 0.3) is 6.08 Å². The molecule has 0 unspecified atom stereocenters. The van der Waals surface area contributed by atoms with Crippen molar-refractivity contribution in [3.8, 4) is 5.75 Å². The number of nitrogens with one attached hydrogen (secondary N) is 1. The molecule has 0 bridgehead atoms. The first-order valence-electron chi connectivity index (χ1n) is 6.05. The molecule has 1 aromatic carbocycles. The predicted molar refractivity (Wildman–Crippen MR) is 76.2 cm³/mol. The Morgan fingerprint density at radius 2 is 2.26 bits per heavy atom. The number of benzene rings is 1. The summed E-state index contributed by atoms with van der Waals surface area (Å²) in [4.78, 5) is 12.0. The van der Waals surface area contributed by atoms with E-state index in [1.165, 1.54) is 0 Å². The second kappa shape index (κ2) is 5.23. The van der Waals surface area contributed by atoms with Crippen LogP contribution < -0.4 is 15.8 Å². The number of amides is 1. The van der Waals surface area contributed by atoms with E-state index in [-0.39, 0.29) is 12.5 Å². The molecule has 0 aliphatic carbocycles. The molecule has 102 valence electrons. The summed E-state index contributed by atoms with van der Waals surface area (Å²) in [6.45, 7) is 4.37. The van der Waals surface area contributed by atoms with Crippen molar-refractivity contribution in [3.05, 3.63) is 34.4 Å². The predicted octanol–water partition coefficient (Wildman–Crippen LogP) is 1.97. The number of nitrogens with two attached hydrogens (primary N) is 1. The van der Waals surface area contributed by atoms with E-state index >= 15 is 0 Å². The zero-order valence-corrected chi connectivity index (χ0v) is 11.8. The minimum absolute atomic E-state index is 0.163. The molecule has 0 aromatic heterocycles. The molecule has 3 N–H and O–H groups in total. The smallest absolute Gasteiger partial charge is 0.250 e. The molecule has 0 saturated carbocycles. The molecule has 0 atom stereocenters. The van der Waals surface area contributed by atoms with Crippen molar-refractivity contribution in [1.29, 1.82) is 0 Å². The van der Waals surface area contributed by atoms with Gasteiger partial charge in [0.25, 0.3) is 5.91 Å². The highest BCUT2D eigenvalue weighted by molar-refractivity contribution is 6.30. The van der Waals surface area contributed by atoms with Gasteiger partial charge < -0.3 is 15.8 Å². The first kappa shape index (κ1) is 13.9. The van der Waals surface area contributed by atoms with Crippen molar-refractivity contribution in [3.63, 3.8) is 0 Å². The Bertz CT molecular complexity index is 533. The van der Waals surface area contributed by atoms with Crippen LogP contribution in [0, 0.1) is 0 Å². The Kier molecular flexibility index (Phi) is 3.83. The number of carbonyl (C=O) groups excluding carboxylic acids is 1. The summed E-state index contributed by atoms with van der Waals surface area (Å²) in [5.74, 6) is 0.573. The summed E-state index contributed by atoms with van der Waals surface area (Å²) in [7, 11) is 0. The van der Waals surface area contributed by atoms with Crippen LogP contribution in [0.15, 0.2) is 23.8 Å². The number of rotatable bonds is 3. The number of ether oxygens (including phenoxy) is 1. The second-order valence-corrected chi connectivity index (χ2v) is 5.75. The maximum absolute atomic E-state index is 12.0. The Morgan fingerprint density at radius 3 is 2.95 bits per heavy atom. The van der Waals surface area contributed by atoms with E-state index in [0.29, 0.717) is 17.1 Å². The van der Waals surface area contributed by atoms with Crippen LogP contribution in [0.3, 0.4) is 0 Å². The maximum Gasteiger partial charge on any atom is 0.250 e. The number of hydrogen-bond donors (Lipinski definition) is 2. The van der Waals surface area contributed by atoms with E-state index in [4.69, 9.17) is 22.1 Å². The van der Waals surface area contributed by atoms with Crippen LogP contribution in [0.2, 0.25) is 5.02 Å². The number of halogens is 1. The fourth-order valence-corrected chi connectivity index (χ4v) is 1.88. The molecule has 4 nitrogen and oxygen atoms in total. The van der Waals surface area contributed by atoms with E-state index in [0.717, 1.165) is 11.3 Å². The fourth-order valence-electron chi connectivity index (χ4n) is 1.70. The van der Waals surface area contributed by atoms with Gasteiger partial charge in [-0.05, 0) is 38.1 Å². The van der Waals surface area contributed by atoms with E-state index in [2.05, 4.69) is 5.32 Å². The highest BCUT2D eigenvalue weighted by Gasteiger charge is 2.19. The lowest BCUT2D eigenvalue weighted by Gasteiger charge is -2.21. The number of fused-ring (bicyclic) bond motifs is 1. The molecular formula is C14H17ClN2O2. The lowest BCUT2D eigenvalue weighted by molar-refractivity contribution is -0.118. The van der Waals surface area contributed by atoms with Crippen molar-refractivity contribution >= 4 is 23.6 Å². The van der Waals surface area contributed by atoms with Gasteiger partial charge in [0, 0.05) is 22.7 Å². The third kappa shape index (κ3) is 3.72. The maximum atomic E-state index is 12.0. The average molecular weight is 281 g/mol. The molecule has 1 heterocycles.